The van der Waals surface area contributed by atoms with Crippen LogP contribution in [0.15, 0.2) is 30.3 Å². The van der Waals surface area contributed by atoms with E-state index in [0.29, 0.717) is 21.7 Å². The average Bonchev–Trinajstić information content (AvgIpc) is 3.09. The highest BCUT2D eigenvalue weighted by Gasteiger charge is 2.45. The number of nitrogens with one attached hydrogen (secondary N) is 1. The summed E-state index contributed by atoms with van der Waals surface area (Å²) >= 11 is 0. The quantitative estimate of drug-likeness (QED) is 0.845. The van der Waals surface area contributed by atoms with E-state index in [9.17, 15) is 4.79 Å². The summed E-state index contributed by atoms with van der Waals surface area (Å²) in [6.45, 7) is 3.05. The molecule has 0 radical (unpaired) electrons. The highest BCUT2D eigenvalue weighted by atomic mass is 16.7. The van der Waals surface area contributed by atoms with Crippen LogP contribution in [0.5, 0.6) is 17.2 Å². The zero-order valence-electron chi connectivity index (χ0n) is 16.2. The van der Waals surface area contributed by atoms with Crippen molar-refractivity contribution in [3.63, 3.8) is 0 Å². The van der Waals surface area contributed by atoms with Crippen molar-refractivity contribution in [2.24, 2.45) is 0 Å². The number of amides is 1. The second kappa shape index (κ2) is 6.46. The number of quaternary nitrogens is 1. The minimum Gasteiger partial charge on any atom is -0.492 e. The van der Waals surface area contributed by atoms with Crippen molar-refractivity contribution in [1.29, 1.82) is 0 Å². The Labute approximate surface area is 159 Å². The molecule has 27 heavy (non-hydrogen) atoms. The number of fused-ring (bicyclic) bond motifs is 2. The summed E-state index contributed by atoms with van der Waals surface area (Å²) in [4.78, 5) is 13.3. The highest BCUT2D eigenvalue weighted by molar-refractivity contribution is 5.96. The molecule has 4 rings (SSSR count). The SMILES string of the molecule is COc1c2c(cc3c1[C@@H](C(=O)Nc1ccc(C)cc1)[N+](C)(C)CC3)OCO2. The van der Waals surface area contributed by atoms with Crippen molar-refractivity contribution in [3.05, 3.63) is 47.0 Å². The van der Waals surface area contributed by atoms with E-state index in [1.54, 1.807) is 7.11 Å². The first-order chi connectivity index (χ1) is 12.9. The number of rotatable bonds is 3. The zero-order valence-corrected chi connectivity index (χ0v) is 16.2. The van der Waals surface area contributed by atoms with Gasteiger partial charge < -0.3 is 24.0 Å². The summed E-state index contributed by atoms with van der Waals surface area (Å²) in [6.07, 6.45) is 0.851. The Bertz CT molecular complexity index is 890. The van der Waals surface area contributed by atoms with Crippen LogP contribution in [0.4, 0.5) is 5.69 Å². The van der Waals surface area contributed by atoms with Crippen LogP contribution in [-0.2, 0) is 11.2 Å². The monoisotopic (exact) mass is 369 g/mol. The Morgan fingerprint density at radius 3 is 2.67 bits per heavy atom. The molecule has 0 unspecified atom stereocenters. The number of carbonyl (C=O) groups excluding carboxylic acids is 1. The van der Waals surface area contributed by atoms with Crippen LogP contribution in [0.2, 0.25) is 0 Å². The van der Waals surface area contributed by atoms with E-state index in [4.69, 9.17) is 14.2 Å². The molecule has 6 heteroatoms. The van der Waals surface area contributed by atoms with E-state index in [1.165, 1.54) is 0 Å². The fourth-order valence-corrected chi connectivity index (χ4v) is 3.97. The predicted octanol–water partition coefficient (Wildman–Crippen LogP) is 3.04. The number of hydrogen-bond acceptors (Lipinski definition) is 4. The largest absolute Gasteiger partial charge is 0.492 e. The smallest absolute Gasteiger partial charge is 0.287 e. The molecule has 2 aliphatic heterocycles. The molecule has 2 aromatic rings. The van der Waals surface area contributed by atoms with Gasteiger partial charge in [0.25, 0.3) is 5.91 Å². The lowest BCUT2D eigenvalue weighted by atomic mass is 9.88. The van der Waals surface area contributed by atoms with Gasteiger partial charge in [-0.05, 0) is 30.7 Å². The van der Waals surface area contributed by atoms with Gasteiger partial charge in [-0.2, -0.15) is 0 Å². The molecule has 2 aliphatic rings. The predicted molar refractivity (Wildman–Crippen MR) is 102 cm³/mol. The second-order valence-electron chi connectivity index (χ2n) is 7.73. The van der Waals surface area contributed by atoms with Gasteiger partial charge in [0.1, 0.15) is 0 Å². The molecular formula is C21H25N2O4+. The Morgan fingerprint density at radius 1 is 1.22 bits per heavy atom. The number of likely N-dealkylation sites (N-methyl/N-ethyl adjacent to an activating group) is 1. The molecule has 6 nitrogen and oxygen atoms in total. The summed E-state index contributed by atoms with van der Waals surface area (Å²) in [7, 11) is 5.76. The Kier molecular flexibility index (Phi) is 4.23. The molecule has 142 valence electrons. The Hall–Kier alpha value is -2.73. The van der Waals surface area contributed by atoms with Crippen molar-refractivity contribution in [2.75, 3.05) is 39.9 Å². The van der Waals surface area contributed by atoms with Gasteiger partial charge in [0, 0.05) is 12.1 Å². The summed E-state index contributed by atoms with van der Waals surface area (Å²) in [5.74, 6) is 1.83. The van der Waals surface area contributed by atoms with E-state index in [1.807, 2.05) is 37.3 Å². The molecule has 0 spiro atoms. The third-order valence-corrected chi connectivity index (χ3v) is 5.45. The molecule has 0 saturated heterocycles. The van der Waals surface area contributed by atoms with E-state index >= 15 is 0 Å². The highest BCUT2D eigenvalue weighted by Crippen LogP contribution is 2.50. The van der Waals surface area contributed by atoms with Crippen molar-refractivity contribution < 1.29 is 23.5 Å². The number of anilines is 1. The zero-order chi connectivity index (χ0) is 19.2. The van der Waals surface area contributed by atoms with Gasteiger partial charge in [0.05, 0.1) is 33.3 Å². The van der Waals surface area contributed by atoms with Crippen LogP contribution < -0.4 is 19.5 Å². The molecule has 0 aliphatic carbocycles. The molecule has 2 aromatic carbocycles. The lowest BCUT2D eigenvalue weighted by molar-refractivity contribution is -0.913. The van der Waals surface area contributed by atoms with Crippen molar-refractivity contribution in [1.82, 2.24) is 0 Å². The van der Waals surface area contributed by atoms with Crippen LogP contribution in [-0.4, -0.2) is 44.9 Å². The van der Waals surface area contributed by atoms with E-state index < -0.39 is 6.04 Å². The molecule has 2 heterocycles. The van der Waals surface area contributed by atoms with Crippen LogP contribution in [0.3, 0.4) is 0 Å². The third kappa shape index (κ3) is 3.00. The van der Waals surface area contributed by atoms with Gasteiger partial charge in [0.15, 0.2) is 17.5 Å². The molecule has 0 saturated carbocycles. The lowest BCUT2D eigenvalue weighted by Gasteiger charge is -2.42. The van der Waals surface area contributed by atoms with Crippen molar-refractivity contribution in [3.8, 4) is 17.2 Å². The second-order valence-corrected chi connectivity index (χ2v) is 7.73. The fourth-order valence-electron chi connectivity index (χ4n) is 3.97. The van der Waals surface area contributed by atoms with Gasteiger partial charge in [-0.1, -0.05) is 17.7 Å². The summed E-state index contributed by atoms with van der Waals surface area (Å²) < 4.78 is 17.4. The number of hydrogen-bond donors (Lipinski definition) is 1. The summed E-state index contributed by atoms with van der Waals surface area (Å²) in [5.41, 5.74) is 3.92. The Balaban J connectivity index is 1.78. The molecule has 1 N–H and O–H groups in total. The number of methoxy groups -OCH3 is 1. The minimum atomic E-state index is -0.403. The van der Waals surface area contributed by atoms with Gasteiger partial charge in [-0.25, -0.2) is 0 Å². The first-order valence-electron chi connectivity index (χ1n) is 9.10. The molecule has 0 bridgehead atoms. The standard InChI is InChI=1S/C21H24N2O4/c1-13-5-7-15(8-6-13)22-21(24)18-17-14(9-10-23(18,2)3)11-16-19(20(17)25-4)27-12-26-16/h5-8,11,18H,9-10,12H2,1-4H3/p+1/t18-/m0/s1. The van der Waals surface area contributed by atoms with Crippen LogP contribution in [0.1, 0.15) is 22.7 Å². The van der Waals surface area contributed by atoms with E-state index in [-0.39, 0.29) is 12.7 Å². The Morgan fingerprint density at radius 2 is 1.96 bits per heavy atom. The molecule has 0 aromatic heterocycles. The number of nitrogens with zero attached hydrogens (tertiary/aromatic N) is 1. The van der Waals surface area contributed by atoms with Crippen LogP contribution in [0.25, 0.3) is 0 Å². The number of aryl methyl sites for hydroxylation is 1. The summed E-state index contributed by atoms with van der Waals surface area (Å²) in [5, 5.41) is 3.07. The summed E-state index contributed by atoms with van der Waals surface area (Å²) in [6, 6.07) is 9.42. The number of ether oxygens (including phenoxy) is 3. The fraction of sp³-hybridized carbons (Fsp3) is 0.381. The average molecular weight is 369 g/mol. The van der Waals surface area contributed by atoms with Gasteiger partial charge in [-0.3, -0.25) is 4.79 Å². The third-order valence-electron chi connectivity index (χ3n) is 5.45. The molecule has 0 fully saturated rings. The van der Waals surface area contributed by atoms with Gasteiger partial charge in [0.2, 0.25) is 12.5 Å². The van der Waals surface area contributed by atoms with E-state index in [2.05, 4.69) is 19.4 Å². The minimum absolute atomic E-state index is 0.0537. The number of benzene rings is 2. The normalized spacial score (nSPS) is 19.3. The van der Waals surface area contributed by atoms with Crippen LogP contribution >= 0.6 is 0 Å². The van der Waals surface area contributed by atoms with Crippen LogP contribution in [0, 0.1) is 6.92 Å². The molecular weight excluding hydrogens is 344 g/mol. The maximum Gasteiger partial charge on any atom is 0.287 e. The topological polar surface area (TPSA) is 56.8 Å². The first-order valence-corrected chi connectivity index (χ1v) is 9.10. The van der Waals surface area contributed by atoms with Crippen molar-refractivity contribution >= 4 is 11.6 Å². The van der Waals surface area contributed by atoms with Gasteiger partial charge >= 0.3 is 0 Å². The van der Waals surface area contributed by atoms with Crippen molar-refractivity contribution in [2.45, 2.75) is 19.4 Å². The van der Waals surface area contributed by atoms with E-state index in [0.717, 1.165) is 35.3 Å². The first kappa shape index (κ1) is 17.7. The molecule has 1 atom stereocenters. The maximum absolute atomic E-state index is 13.3. The molecule has 1 amide bonds. The van der Waals surface area contributed by atoms with Gasteiger partial charge in [-0.15, -0.1) is 0 Å². The number of carbonyl (C=O) groups is 1. The lowest BCUT2D eigenvalue weighted by Crippen LogP contribution is -2.52. The maximum atomic E-state index is 13.3.